The number of phenolic OH excluding ortho intramolecular Hbond substituents is 1. The molecule has 0 amide bonds. The van der Waals surface area contributed by atoms with Gasteiger partial charge in [0.15, 0.2) is 0 Å². The molecule has 0 aliphatic heterocycles. The van der Waals surface area contributed by atoms with Crippen LogP contribution in [0.5, 0.6) is 5.75 Å². The molecule has 3 rings (SSSR count). The van der Waals surface area contributed by atoms with Crippen LogP contribution in [0.15, 0.2) is 60.7 Å². The topological polar surface area (TPSA) is 32.3 Å². The zero-order chi connectivity index (χ0) is 17.8. The number of hydrogen-bond donors (Lipinski definition) is 2. The van der Waals surface area contributed by atoms with E-state index in [9.17, 15) is 5.11 Å². The summed E-state index contributed by atoms with van der Waals surface area (Å²) in [5.41, 5.74) is 8.51. The summed E-state index contributed by atoms with van der Waals surface area (Å²) >= 11 is 0. The molecule has 0 fully saturated rings. The molecule has 0 saturated heterocycles. The van der Waals surface area contributed by atoms with Gasteiger partial charge < -0.3 is 10.4 Å². The molecule has 0 atom stereocenters. The van der Waals surface area contributed by atoms with E-state index in [1.54, 1.807) is 0 Å². The quantitative estimate of drug-likeness (QED) is 0.671. The van der Waals surface area contributed by atoms with Crippen LogP contribution in [0.1, 0.15) is 33.4 Å². The molecule has 25 heavy (non-hydrogen) atoms. The highest BCUT2D eigenvalue weighted by Crippen LogP contribution is 2.26. The van der Waals surface area contributed by atoms with Crippen molar-refractivity contribution in [3.63, 3.8) is 0 Å². The predicted molar refractivity (Wildman–Crippen MR) is 106 cm³/mol. The van der Waals surface area contributed by atoms with Gasteiger partial charge in [0, 0.05) is 19.2 Å². The van der Waals surface area contributed by atoms with Gasteiger partial charge in [-0.25, -0.2) is 0 Å². The summed E-state index contributed by atoms with van der Waals surface area (Å²) in [6.07, 6.45) is 1.63. The zero-order valence-electron chi connectivity index (χ0n) is 15.1. The molecular weight excluding hydrogens is 306 g/mol. The average Bonchev–Trinajstić information content (AvgIpc) is 2.61. The summed E-state index contributed by atoms with van der Waals surface area (Å²) in [4.78, 5) is 0. The molecular formula is C23H25NO. The van der Waals surface area contributed by atoms with Gasteiger partial charge in [0.2, 0.25) is 0 Å². The number of rotatable bonds is 5. The van der Waals surface area contributed by atoms with Crippen LogP contribution in [0.2, 0.25) is 0 Å². The molecule has 0 aliphatic rings. The van der Waals surface area contributed by atoms with Crippen LogP contribution in [-0.2, 0) is 12.8 Å². The lowest BCUT2D eigenvalue weighted by Crippen LogP contribution is -1.99. The first-order valence-corrected chi connectivity index (χ1v) is 8.69. The Bertz CT molecular complexity index is 846. The third-order valence-electron chi connectivity index (χ3n) is 4.75. The third kappa shape index (κ3) is 4.03. The van der Waals surface area contributed by atoms with Crippen molar-refractivity contribution < 1.29 is 5.11 Å². The highest BCUT2D eigenvalue weighted by Gasteiger charge is 2.09. The molecule has 0 radical (unpaired) electrons. The number of anilines is 1. The van der Waals surface area contributed by atoms with Crippen molar-refractivity contribution in [2.75, 3.05) is 12.4 Å². The average molecular weight is 331 g/mol. The maximum absolute atomic E-state index is 10.2. The summed E-state index contributed by atoms with van der Waals surface area (Å²) in [5.74, 6) is 0.367. The molecule has 0 heterocycles. The molecule has 128 valence electrons. The molecule has 0 unspecified atom stereocenters. The van der Waals surface area contributed by atoms with E-state index in [1.165, 1.54) is 27.8 Å². The van der Waals surface area contributed by atoms with Crippen molar-refractivity contribution >= 4 is 5.69 Å². The molecule has 3 aromatic carbocycles. The number of nitrogens with one attached hydrogen (secondary N) is 1. The van der Waals surface area contributed by atoms with E-state index in [0.717, 1.165) is 24.1 Å². The Balaban J connectivity index is 1.88. The lowest BCUT2D eigenvalue weighted by Gasteiger charge is -2.14. The Labute approximate surface area is 150 Å². The second kappa shape index (κ2) is 7.43. The summed E-state index contributed by atoms with van der Waals surface area (Å²) in [5, 5.41) is 13.4. The van der Waals surface area contributed by atoms with Gasteiger partial charge in [0.05, 0.1) is 0 Å². The Morgan fingerprint density at radius 3 is 2.12 bits per heavy atom. The molecule has 0 bridgehead atoms. The van der Waals surface area contributed by atoms with Crippen LogP contribution in [0.3, 0.4) is 0 Å². The van der Waals surface area contributed by atoms with Crippen molar-refractivity contribution in [3.8, 4) is 5.75 Å². The first kappa shape index (κ1) is 17.1. The normalized spacial score (nSPS) is 10.7. The third-order valence-corrected chi connectivity index (χ3v) is 4.75. The lowest BCUT2D eigenvalue weighted by atomic mass is 9.93. The molecule has 0 aromatic heterocycles. The second-order valence-electron chi connectivity index (χ2n) is 6.64. The Morgan fingerprint density at radius 1 is 0.800 bits per heavy atom. The highest BCUT2D eigenvalue weighted by molar-refractivity contribution is 5.53. The van der Waals surface area contributed by atoms with Crippen LogP contribution in [0.4, 0.5) is 5.69 Å². The molecule has 2 nitrogen and oxygen atoms in total. The number of aromatic hydroxyl groups is 1. The van der Waals surface area contributed by atoms with Crippen LogP contribution in [0, 0.1) is 13.8 Å². The summed E-state index contributed by atoms with van der Waals surface area (Å²) in [7, 11) is 1.95. The lowest BCUT2D eigenvalue weighted by molar-refractivity contribution is 0.469. The van der Waals surface area contributed by atoms with Crippen LogP contribution in [0.25, 0.3) is 0 Å². The van der Waals surface area contributed by atoms with Crippen LogP contribution < -0.4 is 5.32 Å². The number of hydrogen-bond acceptors (Lipinski definition) is 2. The van der Waals surface area contributed by atoms with Crippen LogP contribution in [-0.4, -0.2) is 12.2 Å². The van der Waals surface area contributed by atoms with Crippen LogP contribution >= 0.6 is 0 Å². The SMILES string of the molecule is CNc1cc(C)c(Cc2ccc(O)c(Cc3ccccc3)c2)c(C)c1. The fourth-order valence-electron chi connectivity index (χ4n) is 3.33. The van der Waals surface area contributed by atoms with E-state index < -0.39 is 0 Å². The van der Waals surface area contributed by atoms with Gasteiger partial charge in [-0.15, -0.1) is 0 Å². The Kier molecular flexibility index (Phi) is 5.08. The first-order valence-electron chi connectivity index (χ1n) is 8.69. The van der Waals surface area contributed by atoms with Crippen molar-refractivity contribution in [2.45, 2.75) is 26.7 Å². The van der Waals surface area contributed by atoms with E-state index >= 15 is 0 Å². The maximum atomic E-state index is 10.2. The van der Waals surface area contributed by atoms with Gasteiger partial charge in [-0.1, -0.05) is 42.5 Å². The second-order valence-corrected chi connectivity index (χ2v) is 6.64. The van der Waals surface area contributed by atoms with E-state index in [2.05, 4.69) is 49.5 Å². The van der Waals surface area contributed by atoms with E-state index in [1.807, 2.05) is 37.4 Å². The Hall–Kier alpha value is -2.74. The van der Waals surface area contributed by atoms with Gasteiger partial charge in [-0.2, -0.15) is 0 Å². The fourth-order valence-corrected chi connectivity index (χ4v) is 3.33. The smallest absolute Gasteiger partial charge is 0.119 e. The van der Waals surface area contributed by atoms with E-state index in [-0.39, 0.29) is 0 Å². The highest BCUT2D eigenvalue weighted by atomic mass is 16.3. The molecule has 2 N–H and O–H groups in total. The van der Waals surface area contributed by atoms with Crippen molar-refractivity contribution in [3.05, 3.63) is 94.0 Å². The molecule has 3 aromatic rings. The standard InChI is InChI=1S/C23H25NO/c1-16-11-21(24-3)12-17(2)22(16)15-19-9-10-23(25)20(14-19)13-18-7-5-4-6-8-18/h4-12,14,24-25H,13,15H2,1-3H3. The minimum absolute atomic E-state index is 0.367. The van der Waals surface area contributed by atoms with Gasteiger partial charge >= 0.3 is 0 Å². The summed E-state index contributed by atoms with van der Waals surface area (Å²) < 4.78 is 0. The molecule has 0 spiro atoms. The number of aryl methyl sites for hydroxylation is 2. The largest absolute Gasteiger partial charge is 0.508 e. The van der Waals surface area contributed by atoms with Gasteiger partial charge in [-0.05, 0) is 71.8 Å². The van der Waals surface area contributed by atoms with Crippen molar-refractivity contribution in [2.24, 2.45) is 0 Å². The first-order chi connectivity index (χ1) is 12.1. The number of benzene rings is 3. The molecule has 2 heteroatoms. The zero-order valence-corrected chi connectivity index (χ0v) is 15.1. The monoisotopic (exact) mass is 331 g/mol. The molecule has 0 aliphatic carbocycles. The summed E-state index contributed by atoms with van der Waals surface area (Å²) in [6, 6.07) is 20.6. The van der Waals surface area contributed by atoms with Gasteiger partial charge in [0.25, 0.3) is 0 Å². The molecule has 0 saturated carbocycles. The summed E-state index contributed by atoms with van der Waals surface area (Å²) in [6.45, 7) is 4.32. The minimum atomic E-state index is 0.367. The maximum Gasteiger partial charge on any atom is 0.119 e. The fraction of sp³-hybridized carbons (Fsp3) is 0.217. The van der Waals surface area contributed by atoms with E-state index in [0.29, 0.717) is 5.75 Å². The van der Waals surface area contributed by atoms with Gasteiger partial charge in [0.1, 0.15) is 5.75 Å². The predicted octanol–water partition coefficient (Wildman–Crippen LogP) is 5.23. The Morgan fingerprint density at radius 2 is 1.48 bits per heavy atom. The van der Waals surface area contributed by atoms with Gasteiger partial charge in [-0.3, -0.25) is 0 Å². The minimum Gasteiger partial charge on any atom is -0.508 e. The van der Waals surface area contributed by atoms with Crippen molar-refractivity contribution in [1.82, 2.24) is 0 Å². The van der Waals surface area contributed by atoms with E-state index in [4.69, 9.17) is 0 Å². The van der Waals surface area contributed by atoms with Crippen molar-refractivity contribution in [1.29, 1.82) is 0 Å². The number of phenols is 1.